The molecular weight excluding hydrogens is 301 g/mol. The predicted molar refractivity (Wildman–Crippen MR) is 79.1 cm³/mol. The van der Waals surface area contributed by atoms with Gasteiger partial charge in [-0.15, -0.1) is 0 Å². The molecule has 110 valence electrons. The first-order chi connectivity index (χ1) is 9.35. The molecule has 2 atom stereocenters. The van der Waals surface area contributed by atoms with Gasteiger partial charge in [0.1, 0.15) is 6.54 Å². The molecule has 0 heterocycles. The first-order valence-corrected chi connectivity index (χ1v) is 6.89. The number of imide groups is 1. The Bertz CT molecular complexity index is 508. The lowest BCUT2D eigenvalue weighted by Gasteiger charge is -2.20. The molecule has 0 aliphatic rings. The average Bonchev–Trinajstić information content (AvgIpc) is 2.41. The third-order valence-corrected chi connectivity index (χ3v) is 3.80. The minimum atomic E-state index is -0.510. The van der Waals surface area contributed by atoms with Gasteiger partial charge < -0.3 is 10.2 Å². The summed E-state index contributed by atoms with van der Waals surface area (Å²) < 4.78 is 0. The number of carbonyl (C=O) groups excluding carboxylic acids is 2. The molecule has 1 unspecified atom stereocenters. The van der Waals surface area contributed by atoms with E-state index in [9.17, 15) is 9.59 Å². The Balaban J connectivity index is 2.65. The van der Waals surface area contributed by atoms with Crippen molar-refractivity contribution in [3.8, 4) is 0 Å². The van der Waals surface area contributed by atoms with Gasteiger partial charge in [-0.25, -0.2) is 4.79 Å². The van der Waals surface area contributed by atoms with Gasteiger partial charge in [-0.1, -0.05) is 29.3 Å². The van der Waals surface area contributed by atoms with Crippen molar-refractivity contribution in [2.75, 3.05) is 14.1 Å². The molecule has 0 spiro atoms. The van der Waals surface area contributed by atoms with Crippen molar-refractivity contribution in [2.45, 2.75) is 19.5 Å². The molecule has 3 amide bonds. The van der Waals surface area contributed by atoms with Crippen molar-refractivity contribution in [2.24, 2.45) is 0 Å². The van der Waals surface area contributed by atoms with E-state index in [1.54, 1.807) is 19.1 Å². The number of hydrogen-bond donors (Lipinski definition) is 3. The van der Waals surface area contributed by atoms with Crippen molar-refractivity contribution in [3.05, 3.63) is 33.8 Å². The summed E-state index contributed by atoms with van der Waals surface area (Å²) in [5.41, 5.74) is 0.969. The fraction of sp³-hybridized carbons (Fsp3) is 0.385. The van der Waals surface area contributed by atoms with Crippen LogP contribution in [-0.4, -0.2) is 32.1 Å². The molecular formula is C13H18Cl2N3O2+. The van der Waals surface area contributed by atoms with Crippen LogP contribution in [0.15, 0.2) is 18.2 Å². The summed E-state index contributed by atoms with van der Waals surface area (Å²) in [6.07, 6.45) is 0. The Labute approximate surface area is 128 Å². The third-order valence-electron chi connectivity index (χ3n) is 3.06. The molecule has 0 aliphatic carbocycles. The number of likely N-dealkylation sites (N-methyl/N-ethyl adjacent to an activating group) is 1. The SMILES string of the molecule is CNC(=O)NC(=O)[C@@H](C)[NH+](C)Cc1ccc(Cl)c(Cl)c1. The van der Waals surface area contributed by atoms with E-state index in [2.05, 4.69) is 10.6 Å². The molecule has 20 heavy (non-hydrogen) atoms. The van der Waals surface area contributed by atoms with E-state index in [0.29, 0.717) is 16.6 Å². The van der Waals surface area contributed by atoms with Crippen LogP contribution in [0.25, 0.3) is 0 Å². The molecule has 1 aromatic carbocycles. The van der Waals surface area contributed by atoms with E-state index in [4.69, 9.17) is 23.2 Å². The standard InChI is InChI=1S/C13H17Cl2N3O2/c1-8(12(19)17-13(20)16-2)18(3)7-9-4-5-10(14)11(15)6-9/h4-6,8H,7H2,1-3H3,(H2,16,17,19,20)/p+1/t8-/m1/s1. The maximum atomic E-state index is 11.8. The van der Waals surface area contributed by atoms with Gasteiger partial charge in [-0.2, -0.15) is 0 Å². The molecule has 1 rings (SSSR count). The fourth-order valence-corrected chi connectivity index (χ4v) is 1.95. The lowest BCUT2D eigenvalue weighted by Crippen LogP contribution is -3.12. The number of halogens is 2. The molecule has 0 aliphatic heterocycles. The monoisotopic (exact) mass is 318 g/mol. The van der Waals surface area contributed by atoms with Crippen LogP contribution in [0.4, 0.5) is 4.79 Å². The zero-order valence-electron chi connectivity index (χ0n) is 11.6. The fourth-order valence-electron chi connectivity index (χ4n) is 1.63. The average molecular weight is 319 g/mol. The van der Waals surface area contributed by atoms with Crippen molar-refractivity contribution >= 4 is 35.1 Å². The molecule has 0 saturated carbocycles. The molecule has 7 heteroatoms. The second kappa shape index (κ2) is 7.47. The lowest BCUT2D eigenvalue weighted by atomic mass is 10.2. The highest BCUT2D eigenvalue weighted by Gasteiger charge is 2.23. The third kappa shape index (κ3) is 4.67. The number of quaternary nitrogens is 1. The topological polar surface area (TPSA) is 62.6 Å². The van der Waals surface area contributed by atoms with Gasteiger partial charge in [0, 0.05) is 12.6 Å². The van der Waals surface area contributed by atoms with Crippen LogP contribution in [0.3, 0.4) is 0 Å². The van der Waals surface area contributed by atoms with Crippen molar-refractivity contribution < 1.29 is 14.5 Å². The molecule has 3 N–H and O–H groups in total. The Morgan fingerprint density at radius 3 is 2.50 bits per heavy atom. The van der Waals surface area contributed by atoms with Crippen molar-refractivity contribution in [1.82, 2.24) is 10.6 Å². The highest BCUT2D eigenvalue weighted by molar-refractivity contribution is 6.42. The van der Waals surface area contributed by atoms with Gasteiger partial charge in [-0.3, -0.25) is 10.1 Å². The molecule has 5 nitrogen and oxygen atoms in total. The second-order valence-electron chi connectivity index (χ2n) is 4.56. The van der Waals surface area contributed by atoms with E-state index in [1.807, 2.05) is 13.1 Å². The highest BCUT2D eigenvalue weighted by Crippen LogP contribution is 2.22. The number of nitrogens with one attached hydrogen (secondary N) is 3. The minimum absolute atomic E-state index is 0.332. The number of hydrogen-bond acceptors (Lipinski definition) is 2. The lowest BCUT2D eigenvalue weighted by molar-refractivity contribution is -0.908. The van der Waals surface area contributed by atoms with Crippen molar-refractivity contribution in [1.29, 1.82) is 0 Å². The van der Waals surface area contributed by atoms with E-state index in [-0.39, 0.29) is 11.9 Å². The molecule has 1 aromatic rings. The summed E-state index contributed by atoms with van der Waals surface area (Å²) in [6, 6.07) is 4.48. The zero-order valence-corrected chi connectivity index (χ0v) is 13.1. The van der Waals surface area contributed by atoms with E-state index in [1.165, 1.54) is 7.05 Å². The maximum absolute atomic E-state index is 11.8. The largest absolute Gasteiger partial charge is 0.341 e. The van der Waals surface area contributed by atoms with Crippen LogP contribution in [-0.2, 0) is 11.3 Å². The van der Waals surface area contributed by atoms with Crippen LogP contribution >= 0.6 is 23.2 Å². The van der Waals surface area contributed by atoms with Crippen LogP contribution < -0.4 is 15.5 Å². The predicted octanol–water partition coefficient (Wildman–Crippen LogP) is 0.852. The quantitative estimate of drug-likeness (QED) is 0.771. The van der Waals surface area contributed by atoms with Gasteiger partial charge in [0.25, 0.3) is 5.91 Å². The normalized spacial score (nSPS) is 13.4. The number of urea groups is 1. The summed E-state index contributed by atoms with van der Waals surface area (Å²) >= 11 is 11.8. The second-order valence-corrected chi connectivity index (χ2v) is 5.38. The van der Waals surface area contributed by atoms with Crippen LogP contribution in [0.5, 0.6) is 0 Å². The van der Waals surface area contributed by atoms with E-state index in [0.717, 1.165) is 10.5 Å². The summed E-state index contributed by atoms with van der Waals surface area (Å²) in [6.45, 7) is 2.35. The Morgan fingerprint density at radius 1 is 1.30 bits per heavy atom. The first-order valence-electron chi connectivity index (χ1n) is 6.14. The smallest absolute Gasteiger partial charge is 0.321 e. The molecule has 0 saturated heterocycles. The van der Waals surface area contributed by atoms with Crippen LogP contribution in [0, 0.1) is 0 Å². The van der Waals surface area contributed by atoms with Gasteiger partial charge in [0.15, 0.2) is 6.04 Å². The summed E-state index contributed by atoms with van der Waals surface area (Å²) in [5, 5.41) is 5.58. The van der Waals surface area contributed by atoms with E-state index >= 15 is 0 Å². The Morgan fingerprint density at radius 2 is 1.95 bits per heavy atom. The molecule has 0 radical (unpaired) electrons. The number of benzene rings is 1. The van der Waals surface area contributed by atoms with Crippen LogP contribution in [0.2, 0.25) is 10.0 Å². The highest BCUT2D eigenvalue weighted by atomic mass is 35.5. The summed E-state index contributed by atoms with van der Waals surface area (Å²) in [4.78, 5) is 23.9. The maximum Gasteiger partial charge on any atom is 0.321 e. The van der Waals surface area contributed by atoms with Gasteiger partial charge in [-0.05, 0) is 19.1 Å². The molecule has 0 bridgehead atoms. The molecule has 0 fully saturated rings. The Kier molecular flexibility index (Phi) is 6.26. The number of amides is 3. The van der Waals surface area contributed by atoms with Crippen molar-refractivity contribution in [3.63, 3.8) is 0 Å². The van der Waals surface area contributed by atoms with E-state index < -0.39 is 6.03 Å². The number of carbonyl (C=O) groups is 2. The van der Waals surface area contributed by atoms with Crippen LogP contribution in [0.1, 0.15) is 12.5 Å². The summed E-state index contributed by atoms with van der Waals surface area (Å²) in [7, 11) is 3.33. The molecule has 0 aromatic heterocycles. The zero-order chi connectivity index (χ0) is 15.3. The summed E-state index contributed by atoms with van der Waals surface area (Å²) in [5.74, 6) is -0.332. The van der Waals surface area contributed by atoms with Gasteiger partial charge >= 0.3 is 6.03 Å². The first kappa shape index (κ1) is 16.8. The number of rotatable bonds is 4. The Hall–Kier alpha value is -1.30. The minimum Gasteiger partial charge on any atom is -0.341 e. The van der Waals surface area contributed by atoms with Gasteiger partial charge in [0.05, 0.1) is 17.1 Å². The van der Waals surface area contributed by atoms with Gasteiger partial charge in [0.2, 0.25) is 0 Å².